The van der Waals surface area contributed by atoms with Crippen LogP contribution in [-0.4, -0.2) is 22.5 Å². The smallest absolute Gasteiger partial charge is 0.272 e. The summed E-state index contributed by atoms with van der Waals surface area (Å²) in [6, 6.07) is 5.26. The Morgan fingerprint density at radius 3 is 2.78 bits per heavy atom. The third kappa shape index (κ3) is 2.84. The molecule has 1 aromatic rings. The molecule has 0 radical (unpaired) electrons. The molecule has 0 bridgehead atoms. The van der Waals surface area contributed by atoms with Gasteiger partial charge in [-0.3, -0.25) is 10.1 Å². The Kier molecular flexibility index (Phi) is 3.92. The van der Waals surface area contributed by atoms with Gasteiger partial charge in [-0.05, 0) is 31.6 Å². The first kappa shape index (κ1) is 13.4. The summed E-state index contributed by atoms with van der Waals surface area (Å²) in [5.74, 6) is 0. The molecule has 1 N–H and O–H groups in total. The molecule has 5 heteroatoms. The SMILES string of the molecule is CSC1(CNCc2cccc([N+](=O)[O-])c2C)CC1. The van der Waals surface area contributed by atoms with Crippen molar-refractivity contribution >= 4 is 17.4 Å². The van der Waals surface area contributed by atoms with Gasteiger partial charge < -0.3 is 5.32 Å². The van der Waals surface area contributed by atoms with E-state index in [4.69, 9.17) is 0 Å². The van der Waals surface area contributed by atoms with Gasteiger partial charge in [-0.1, -0.05) is 12.1 Å². The van der Waals surface area contributed by atoms with E-state index < -0.39 is 0 Å². The summed E-state index contributed by atoms with van der Waals surface area (Å²) in [6.07, 6.45) is 4.69. The van der Waals surface area contributed by atoms with Crippen molar-refractivity contribution < 1.29 is 4.92 Å². The van der Waals surface area contributed by atoms with E-state index in [1.165, 1.54) is 12.8 Å². The van der Waals surface area contributed by atoms with E-state index in [2.05, 4.69) is 11.6 Å². The highest BCUT2D eigenvalue weighted by atomic mass is 32.2. The fourth-order valence-electron chi connectivity index (χ4n) is 2.08. The fourth-order valence-corrected chi connectivity index (χ4v) is 2.83. The van der Waals surface area contributed by atoms with Crippen LogP contribution in [0, 0.1) is 17.0 Å². The van der Waals surface area contributed by atoms with Crippen molar-refractivity contribution in [3.63, 3.8) is 0 Å². The van der Waals surface area contributed by atoms with Crippen LogP contribution in [0.2, 0.25) is 0 Å². The number of nitro benzene ring substituents is 1. The summed E-state index contributed by atoms with van der Waals surface area (Å²) in [5.41, 5.74) is 1.99. The van der Waals surface area contributed by atoms with Gasteiger partial charge in [0.25, 0.3) is 5.69 Å². The van der Waals surface area contributed by atoms with Crippen molar-refractivity contribution in [2.45, 2.75) is 31.1 Å². The lowest BCUT2D eigenvalue weighted by atomic mass is 10.1. The molecule has 18 heavy (non-hydrogen) atoms. The molecule has 0 amide bonds. The normalized spacial score (nSPS) is 16.6. The second-order valence-electron chi connectivity index (χ2n) is 4.81. The van der Waals surface area contributed by atoms with E-state index in [1.807, 2.05) is 24.8 Å². The van der Waals surface area contributed by atoms with E-state index in [0.717, 1.165) is 17.7 Å². The van der Waals surface area contributed by atoms with Gasteiger partial charge in [0.05, 0.1) is 4.92 Å². The van der Waals surface area contributed by atoms with Gasteiger partial charge in [-0.15, -0.1) is 0 Å². The highest BCUT2D eigenvalue weighted by molar-refractivity contribution is 8.00. The third-order valence-electron chi connectivity index (χ3n) is 3.62. The van der Waals surface area contributed by atoms with Crippen LogP contribution in [0.5, 0.6) is 0 Å². The molecule has 1 aliphatic rings. The fraction of sp³-hybridized carbons (Fsp3) is 0.538. The number of nitrogens with one attached hydrogen (secondary N) is 1. The lowest BCUT2D eigenvalue weighted by Gasteiger charge is -2.14. The Balaban J connectivity index is 1.97. The highest BCUT2D eigenvalue weighted by Crippen LogP contribution is 2.46. The second-order valence-corrected chi connectivity index (χ2v) is 6.08. The minimum absolute atomic E-state index is 0.209. The maximum absolute atomic E-state index is 10.8. The Morgan fingerprint density at radius 2 is 2.22 bits per heavy atom. The lowest BCUT2D eigenvalue weighted by Crippen LogP contribution is -2.25. The number of hydrogen-bond donors (Lipinski definition) is 1. The first-order valence-electron chi connectivity index (χ1n) is 6.07. The molecule has 1 aliphatic carbocycles. The molecular weight excluding hydrogens is 248 g/mol. The van der Waals surface area contributed by atoms with Crippen molar-refractivity contribution in [1.82, 2.24) is 5.32 Å². The van der Waals surface area contributed by atoms with Crippen LogP contribution in [0.25, 0.3) is 0 Å². The van der Waals surface area contributed by atoms with Crippen molar-refractivity contribution in [2.75, 3.05) is 12.8 Å². The van der Waals surface area contributed by atoms with Crippen LogP contribution in [0.3, 0.4) is 0 Å². The van der Waals surface area contributed by atoms with E-state index in [1.54, 1.807) is 12.1 Å². The summed E-state index contributed by atoms with van der Waals surface area (Å²) >= 11 is 1.91. The molecular formula is C13H18N2O2S. The first-order valence-corrected chi connectivity index (χ1v) is 7.29. The molecule has 1 aromatic carbocycles. The second kappa shape index (κ2) is 5.28. The summed E-state index contributed by atoms with van der Waals surface area (Å²) in [4.78, 5) is 10.5. The van der Waals surface area contributed by atoms with Crippen LogP contribution in [0.15, 0.2) is 18.2 Å². The third-order valence-corrected chi connectivity index (χ3v) is 5.04. The number of benzene rings is 1. The molecule has 4 nitrogen and oxygen atoms in total. The average molecular weight is 266 g/mol. The van der Waals surface area contributed by atoms with Crippen LogP contribution in [-0.2, 0) is 6.54 Å². The van der Waals surface area contributed by atoms with Gasteiger partial charge in [0.2, 0.25) is 0 Å². The molecule has 0 aromatic heterocycles. The van der Waals surface area contributed by atoms with Crippen LogP contribution in [0.1, 0.15) is 24.0 Å². The standard InChI is InChI=1S/C13H18N2O2S/c1-10-11(4-3-5-12(10)15(16)17)8-14-9-13(18-2)6-7-13/h3-5,14H,6-9H2,1-2H3. The maximum atomic E-state index is 10.8. The van der Waals surface area contributed by atoms with Crippen LogP contribution < -0.4 is 5.32 Å². The summed E-state index contributed by atoms with van der Waals surface area (Å²) in [5, 5.41) is 14.3. The molecule has 2 rings (SSSR count). The molecule has 98 valence electrons. The summed E-state index contributed by atoms with van der Waals surface area (Å²) in [6.45, 7) is 3.50. The lowest BCUT2D eigenvalue weighted by molar-refractivity contribution is -0.385. The van der Waals surface area contributed by atoms with Gasteiger partial charge in [0.15, 0.2) is 0 Å². The van der Waals surface area contributed by atoms with E-state index in [9.17, 15) is 10.1 Å². The Bertz CT molecular complexity index is 458. The van der Waals surface area contributed by atoms with E-state index in [-0.39, 0.29) is 10.6 Å². The molecule has 0 saturated heterocycles. The van der Waals surface area contributed by atoms with Crippen LogP contribution in [0.4, 0.5) is 5.69 Å². The van der Waals surface area contributed by atoms with Gasteiger partial charge in [-0.25, -0.2) is 0 Å². The maximum Gasteiger partial charge on any atom is 0.272 e. The quantitative estimate of drug-likeness (QED) is 0.635. The minimum Gasteiger partial charge on any atom is -0.311 e. The summed E-state index contributed by atoms with van der Waals surface area (Å²) in [7, 11) is 0. The molecule has 0 spiro atoms. The summed E-state index contributed by atoms with van der Waals surface area (Å²) < 4.78 is 0.425. The van der Waals surface area contributed by atoms with Gasteiger partial charge in [0, 0.05) is 29.5 Å². The predicted octanol–water partition coefficient (Wildman–Crippen LogP) is 2.89. The van der Waals surface area contributed by atoms with E-state index >= 15 is 0 Å². The van der Waals surface area contributed by atoms with Crippen molar-refractivity contribution in [3.8, 4) is 0 Å². The number of nitro groups is 1. The molecule has 0 atom stereocenters. The zero-order chi connectivity index (χ0) is 13.2. The topological polar surface area (TPSA) is 55.2 Å². The van der Waals surface area contributed by atoms with Gasteiger partial charge in [0.1, 0.15) is 0 Å². The van der Waals surface area contributed by atoms with Gasteiger partial charge >= 0.3 is 0 Å². The van der Waals surface area contributed by atoms with Crippen molar-refractivity contribution in [1.29, 1.82) is 0 Å². The highest BCUT2D eigenvalue weighted by Gasteiger charge is 2.41. The first-order chi connectivity index (χ1) is 8.58. The average Bonchev–Trinajstić information content (AvgIpc) is 3.12. The largest absolute Gasteiger partial charge is 0.311 e. The Morgan fingerprint density at radius 1 is 1.50 bits per heavy atom. The minimum atomic E-state index is -0.316. The van der Waals surface area contributed by atoms with Crippen molar-refractivity contribution in [3.05, 3.63) is 39.4 Å². The monoisotopic (exact) mass is 266 g/mol. The number of nitrogens with zero attached hydrogens (tertiary/aromatic N) is 1. The van der Waals surface area contributed by atoms with Crippen molar-refractivity contribution in [2.24, 2.45) is 0 Å². The Hall–Kier alpha value is -1.07. The zero-order valence-electron chi connectivity index (χ0n) is 10.7. The number of rotatable bonds is 6. The molecule has 1 saturated carbocycles. The Labute approximate surface area is 111 Å². The molecule has 0 heterocycles. The number of thioether (sulfide) groups is 1. The molecule has 1 fully saturated rings. The molecule has 0 unspecified atom stereocenters. The molecule has 0 aliphatic heterocycles. The van der Waals surface area contributed by atoms with E-state index in [0.29, 0.717) is 11.3 Å². The number of hydrogen-bond acceptors (Lipinski definition) is 4. The zero-order valence-corrected chi connectivity index (χ0v) is 11.5. The van der Waals surface area contributed by atoms with Gasteiger partial charge in [-0.2, -0.15) is 11.8 Å². The predicted molar refractivity (Wildman–Crippen MR) is 75.0 cm³/mol. The van der Waals surface area contributed by atoms with Crippen LogP contribution >= 0.6 is 11.8 Å².